The number of nitrogens with one attached hydrogen (secondary N) is 1. The molecule has 3 rings (SSSR count). The van der Waals surface area contributed by atoms with Crippen LogP contribution in [0.5, 0.6) is 11.5 Å². The number of hydrogen-bond acceptors (Lipinski definition) is 5. The largest absolute Gasteiger partial charge is 0.497 e. The van der Waals surface area contributed by atoms with E-state index in [1.54, 1.807) is 18.2 Å². The molecule has 2 fully saturated rings. The summed E-state index contributed by atoms with van der Waals surface area (Å²) in [6, 6.07) is 5.04. The van der Waals surface area contributed by atoms with Crippen LogP contribution in [0.25, 0.3) is 0 Å². The van der Waals surface area contributed by atoms with Crippen molar-refractivity contribution in [1.82, 2.24) is 0 Å². The first kappa shape index (κ1) is 15.6. The second-order valence-electron chi connectivity index (χ2n) is 5.74. The number of amides is 1. The number of rotatable bonds is 5. The molecule has 124 valence electrons. The summed E-state index contributed by atoms with van der Waals surface area (Å²) in [5, 5.41) is 12.2. The van der Waals surface area contributed by atoms with Crippen molar-refractivity contribution in [2.45, 2.75) is 25.0 Å². The van der Waals surface area contributed by atoms with Gasteiger partial charge in [-0.1, -0.05) is 0 Å². The van der Waals surface area contributed by atoms with Gasteiger partial charge in [-0.2, -0.15) is 0 Å². The van der Waals surface area contributed by atoms with Gasteiger partial charge in [0.05, 0.1) is 44.0 Å². The number of carbonyl (C=O) groups excluding carboxylic acids is 1. The molecule has 4 atom stereocenters. The Hall–Kier alpha value is -2.28. The van der Waals surface area contributed by atoms with Crippen molar-refractivity contribution in [3.8, 4) is 11.5 Å². The van der Waals surface area contributed by atoms with E-state index in [9.17, 15) is 14.7 Å². The number of benzene rings is 1. The van der Waals surface area contributed by atoms with E-state index in [0.717, 1.165) is 0 Å². The molecule has 23 heavy (non-hydrogen) atoms. The molecule has 2 heterocycles. The van der Waals surface area contributed by atoms with E-state index in [-0.39, 0.29) is 18.1 Å². The number of aliphatic carboxylic acids is 1. The van der Waals surface area contributed by atoms with Crippen molar-refractivity contribution in [2.24, 2.45) is 11.8 Å². The maximum Gasteiger partial charge on any atom is 0.310 e. The number of carboxylic acids is 1. The molecule has 1 aromatic carbocycles. The zero-order valence-electron chi connectivity index (χ0n) is 12.9. The molecular formula is C16H19NO6. The molecular weight excluding hydrogens is 302 g/mol. The lowest BCUT2D eigenvalue weighted by Gasteiger charge is -2.24. The van der Waals surface area contributed by atoms with E-state index in [0.29, 0.717) is 30.0 Å². The second kappa shape index (κ2) is 6.08. The SMILES string of the molecule is COc1ccc(OC)c(NC(=O)[C@@H]2[C@@H](C(=O)O)[C@@H]3CC[C@@H]2O3)c1. The zero-order valence-corrected chi connectivity index (χ0v) is 12.9. The van der Waals surface area contributed by atoms with Gasteiger partial charge in [0.2, 0.25) is 5.91 Å². The highest BCUT2D eigenvalue weighted by atomic mass is 16.5. The minimum Gasteiger partial charge on any atom is -0.497 e. The van der Waals surface area contributed by atoms with Gasteiger partial charge < -0.3 is 24.6 Å². The van der Waals surface area contributed by atoms with E-state index in [2.05, 4.69) is 5.32 Å². The third-order valence-electron chi connectivity index (χ3n) is 4.53. The minimum atomic E-state index is -0.991. The van der Waals surface area contributed by atoms with Gasteiger partial charge in [0, 0.05) is 6.07 Å². The highest BCUT2D eigenvalue weighted by molar-refractivity contribution is 5.97. The van der Waals surface area contributed by atoms with Crippen LogP contribution in [0, 0.1) is 11.8 Å². The van der Waals surface area contributed by atoms with Crippen LogP contribution in [0.4, 0.5) is 5.69 Å². The Balaban J connectivity index is 1.83. The second-order valence-corrected chi connectivity index (χ2v) is 5.74. The smallest absolute Gasteiger partial charge is 0.310 e. The zero-order chi connectivity index (χ0) is 16.6. The molecule has 0 aromatic heterocycles. The first-order valence-corrected chi connectivity index (χ1v) is 7.46. The van der Waals surface area contributed by atoms with Crippen LogP contribution < -0.4 is 14.8 Å². The number of ether oxygens (including phenoxy) is 3. The molecule has 1 aromatic rings. The molecule has 0 unspecified atom stereocenters. The highest BCUT2D eigenvalue weighted by Crippen LogP contribution is 2.44. The standard InChI is InChI=1S/C16H19NO6/c1-21-8-3-4-10(22-2)9(7-8)17-15(18)13-11-5-6-12(23-11)14(13)16(19)20/h3-4,7,11-14H,5-6H2,1-2H3,(H,17,18)(H,19,20)/t11-,12-,13-,14-/m0/s1. The highest BCUT2D eigenvalue weighted by Gasteiger charge is 2.55. The van der Waals surface area contributed by atoms with Gasteiger partial charge in [-0.05, 0) is 25.0 Å². The van der Waals surface area contributed by atoms with Crippen LogP contribution in [0.3, 0.4) is 0 Å². The van der Waals surface area contributed by atoms with Gasteiger partial charge in [-0.25, -0.2) is 0 Å². The van der Waals surface area contributed by atoms with Crippen molar-refractivity contribution in [3.63, 3.8) is 0 Å². The van der Waals surface area contributed by atoms with E-state index >= 15 is 0 Å². The van der Waals surface area contributed by atoms with Crippen LogP contribution in [0.1, 0.15) is 12.8 Å². The lowest BCUT2D eigenvalue weighted by molar-refractivity contribution is -0.147. The van der Waals surface area contributed by atoms with Crippen LogP contribution >= 0.6 is 0 Å². The number of anilines is 1. The molecule has 2 aliphatic heterocycles. The van der Waals surface area contributed by atoms with Crippen LogP contribution in [-0.2, 0) is 14.3 Å². The van der Waals surface area contributed by atoms with E-state index < -0.39 is 17.8 Å². The van der Waals surface area contributed by atoms with Crippen molar-refractivity contribution >= 4 is 17.6 Å². The fraction of sp³-hybridized carbons (Fsp3) is 0.500. The molecule has 0 spiro atoms. The van der Waals surface area contributed by atoms with Crippen LogP contribution in [0.2, 0.25) is 0 Å². The van der Waals surface area contributed by atoms with Crippen molar-refractivity contribution in [2.75, 3.05) is 19.5 Å². The monoisotopic (exact) mass is 321 g/mol. The summed E-state index contributed by atoms with van der Waals surface area (Å²) in [5.74, 6) is -1.80. The third kappa shape index (κ3) is 2.72. The Labute approximate surface area is 133 Å². The minimum absolute atomic E-state index is 0.335. The number of fused-ring (bicyclic) bond motifs is 2. The van der Waals surface area contributed by atoms with E-state index in [1.165, 1.54) is 14.2 Å². The van der Waals surface area contributed by atoms with Gasteiger partial charge in [0.15, 0.2) is 0 Å². The quantitative estimate of drug-likeness (QED) is 0.854. The summed E-state index contributed by atoms with van der Waals surface area (Å²) in [6.45, 7) is 0. The molecule has 2 saturated heterocycles. The summed E-state index contributed by atoms with van der Waals surface area (Å²) in [6.07, 6.45) is 0.688. The molecule has 7 nitrogen and oxygen atoms in total. The van der Waals surface area contributed by atoms with Gasteiger partial charge in [-0.3, -0.25) is 9.59 Å². The van der Waals surface area contributed by atoms with E-state index in [4.69, 9.17) is 14.2 Å². The van der Waals surface area contributed by atoms with Crippen molar-refractivity contribution in [3.05, 3.63) is 18.2 Å². The predicted octanol–water partition coefficient (Wildman–Crippen LogP) is 1.52. The predicted molar refractivity (Wildman–Crippen MR) is 80.7 cm³/mol. The Bertz CT molecular complexity index is 631. The molecule has 2 N–H and O–H groups in total. The topological polar surface area (TPSA) is 94.1 Å². The summed E-state index contributed by atoms with van der Waals surface area (Å²) < 4.78 is 16.0. The summed E-state index contributed by atoms with van der Waals surface area (Å²) in [4.78, 5) is 24.1. The molecule has 2 aliphatic rings. The van der Waals surface area contributed by atoms with Crippen molar-refractivity contribution in [1.29, 1.82) is 0 Å². The van der Waals surface area contributed by atoms with Crippen molar-refractivity contribution < 1.29 is 28.9 Å². The maximum absolute atomic E-state index is 12.6. The Morgan fingerprint density at radius 1 is 1.17 bits per heavy atom. The molecule has 0 aliphatic carbocycles. The first-order chi connectivity index (χ1) is 11.0. The number of hydrogen-bond donors (Lipinski definition) is 2. The Morgan fingerprint density at radius 3 is 2.48 bits per heavy atom. The van der Waals surface area contributed by atoms with Gasteiger partial charge >= 0.3 is 5.97 Å². The molecule has 1 amide bonds. The lowest BCUT2D eigenvalue weighted by Crippen LogP contribution is -2.41. The summed E-state index contributed by atoms with van der Waals surface area (Å²) in [7, 11) is 3.02. The van der Waals surface area contributed by atoms with Gasteiger partial charge in [-0.15, -0.1) is 0 Å². The average molecular weight is 321 g/mol. The lowest BCUT2D eigenvalue weighted by atomic mass is 9.78. The van der Waals surface area contributed by atoms with Crippen LogP contribution in [0.15, 0.2) is 18.2 Å². The summed E-state index contributed by atoms with van der Waals surface area (Å²) >= 11 is 0. The summed E-state index contributed by atoms with van der Waals surface area (Å²) in [5.41, 5.74) is 0.448. The number of carbonyl (C=O) groups is 2. The third-order valence-corrected chi connectivity index (χ3v) is 4.53. The Morgan fingerprint density at radius 2 is 1.87 bits per heavy atom. The Kier molecular flexibility index (Phi) is 4.12. The molecule has 0 radical (unpaired) electrons. The maximum atomic E-state index is 12.6. The van der Waals surface area contributed by atoms with Gasteiger partial charge in [0.1, 0.15) is 11.5 Å². The number of methoxy groups -OCH3 is 2. The molecule has 7 heteroatoms. The molecule has 2 bridgehead atoms. The fourth-order valence-corrected chi connectivity index (χ4v) is 3.45. The average Bonchev–Trinajstić information content (AvgIpc) is 3.15. The van der Waals surface area contributed by atoms with Crippen LogP contribution in [-0.4, -0.2) is 43.4 Å². The van der Waals surface area contributed by atoms with Gasteiger partial charge in [0.25, 0.3) is 0 Å². The number of carboxylic acid groups (broad SMARTS) is 1. The normalized spacial score (nSPS) is 28.4. The molecule has 0 saturated carbocycles. The fourth-order valence-electron chi connectivity index (χ4n) is 3.45. The first-order valence-electron chi connectivity index (χ1n) is 7.46. The van der Waals surface area contributed by atoms with E-state index in [1.807, 2.05) is 0 Å².